The van der Waals surface area contributed by atoms with E-state index in [1.807, 2.05) is 57.1 Å². The molecule has 0 amide bonds. The molecule has 13 radical (unpaired) electrons. The maximum atomic E-state index is 11.3. The molecule has 2 aromatic rings. The number of carbonyl (C=O) groups excluding carboxylic acids is 1. The Hall–Kier alpha value is -0.876. The molecule has 2 saturated carbocycles. The zero-order valence-corrected chi connectivity index (χ0v) is 16.8. The molecule has 4 rings (SSSR count). The van der Waals surface area contributed by atoms with Crippen LogP contribution < -0.4 is 10.6 Å². The van der Waals surface area contributed by atoms with Crippen LogP contribution in [0.25, 0.3) is 0 Å². The van der Waals surface area contributed by atoms with Gasteiger partial charge in [-0.1, -0.05) is 60.7 Å². The van der Waals surface area contributed by atoms with E-state index in [1.165, 1.54) is 10.6 Å². The number of benzene rings is 2. The Kier molecular flexibility index (Phi) is 11.9. The predicted molar refractivity (Wildman–Crippen MR) is 112 cm³/mol. The minimum absolute atomic E-state index is 0. The second-order valence-corrected chi connectivity index (χ2v) is 7.64. The minimum Gasteiger partial charge on any atom is -0.303 e. The SMILES string of the molecule is O=C[C]1[CH][CH][CH][C]1P(c1ccccc1)c1ccccc1.[B].[CH]1[CH][CH][CH][CH]1.[Fe]. The number of rotatable bonds is 4. The van der Waals surface area contributed by atoms with Crippen molar-refractivity contribution in [3.05, 3.63) is 124 Å². The third-order valence-electron chi connectivity index (χ3n) is 3.78. The van der Waals surface area contributed by atoms with E-state index in [0.29, 0.717) is 0 Å². The van der Waals surface area contributed by atoms with Gasteiger partial charge in [-0.15, -0.1) is 0 Å². The molecule has 27 heavy (non-hydrogen) atoms. The van der Waals surface area contributed by atoms with Crippen LogP contribution in [0.3, 0.4) is 0 Å². The first-order valence-electron chi connectivity index (χ1n) is 8.18. The predicted octanol–water partition coefficient (Wildman–Crippen LogP) is 3.69. The molecule has 0 heterocycles. The first kappa shape index (κ1) is 24.2. The number of aldehydes is 1. The van der Waals surface area contributed by atoms with Gasteiger partial charge in [0.2, 0.25) is 0 Å². The van der Waals surface area contributed by atoms with Gasteiger partial charge in [0.25, 0.3) is 0 Å². The van der Waals surface area contributed by atoms with Crippen molar-refractivity contribution in [1.82, 2.24) is 0 Å². The molecule has 2 fully saturated rings. The molecule has 2 aromatic carbocycles. The summed E-state index contributed by atoms with van der Waals surface area (Å²) in [4.78, 5) is 11.3. The van der Waals surface area contributed by atoms with Gasteiger partial charge < -0.3 is 4.79 Å². The van der Waals surface area contributed by atoms with Crippen molar-refractivity contribution in [2.45, 2.75) is 0 Å². The largest absolute Gasteiger partial charge is 0.303 e. The van der Waals surface area contributed by atoms with E-state index < -0.39 is 7.92 Å². The molecule has 2 aliphatic rings. The van der Waals surface area contributed by atoms with Crippen molar-refractivity contribution in [2.24, 2.45) is 0 Å². The van der Waals surface area contributed by atoms with Gasteiger partial charge >= 0.3 is 0 Å². The fraction of sp³-hybridized carbons (Fsp3) is 0. The van der Waals surface area contributed by atoms with Crippen molar-refractivity contribution < 1.29 is 21.9 Å². The summed E-state index contributed by atoms with van der Waals surface area (Å²) in [7, 11) is -0.667. The quantitative estimate of drug-likeness (QED) is 0.428. The summed E-state index contributed by atoms with van der Waals surface area (Å²) in [6.45, 7) is 0. The van der Waals surface area contributed by atoms with Crippen LogP contribution in [0.15, 0.2) is 60.7 Å². The van der Waals surface area contributed by atoms with E-state index in [2.05, 4.69) is 55.0 Å². The molecule has 0 N–H and O–H groups in total. The van der Waals surface area contributed by atoms with Crippen LogP contribution in [0.4, 0.5) is 0 Å². The average molecular weight is 409 g/mol. The van der Waals surface area contributed by atoms with Crippen molar-refractivity contribution >= 4 is 33.2 Å². The summed E-state index contributed by atoms with van der Waals surface area (Å²) >= 11 is 0. The Morgan fingerprint density at radius 1 is 0.630 bits per heavy atom. The Balaban J connectivity index is 0.000000455. The molecule has 0 atom stereocenters. The molecule has 0 aromatic heterocycles. The van der Waals surface area contributed by atoms with Crippen LogP contribution in [-0.4, -0.2) is 14.7 Å². The third kappa shape index (κ3) is 6.90. The average Bonchev–Trinajstić information content (AvgIpc) is 3.39. The summed E-state index contributed by atoms with van der Waals surface area (Å²) in [5, 5.41) is 2.53. The standard InChI is InChI=1S/C18H14OP.C5H5.B.Fe/c19-14-15-8-7-13-18(15)20(16-9-3-1-4-10-16)17-11-5-2-6-12-17;1-2-4-5-3-1;;/h1-14H;1-5H;;. The summed E-state index contributed by atoms with van der Waals surface area (Å²) in [5.41, 5.74) is 1.13. The molecule has 1 nitrogen and oxygen atoms in total. The van der Waals surface area contributed by atoms with Crippen molar-refractivity contribution in [3.63, 3.8) is 0 Å². The smallest absolute Gasteiger partial charge is 0.128 e. The van der Waals surface area contributed by atoms with E-state index >= 15 is 0 Å². The van der Waals surface area contributed by atoms with E-state index in [0.717, 1.165) is 17.9 Å². The summed E-state index contributed by atoms with van der Waals surface area (Å²) in [6, 6.07) is 20.8. The Labute approximate surface area is 178 Å². The van der Waals surface area contributed by atoms with Crippen LogP contribution in [0, 0.1) is 62.9 Å². The number of carbonyl (C=O) groups is 1. The second kappa shape index (κ2) is 13.3. The van der Waals surface area contributed by atoms with E-state index in [-0.39, 0.29) is 25.5 Å². The first-order valence-corrected chi connectivity index (χ1v) is 9.52. The fourth-order valence-electron chi connectivity index (χ4n) is 2.63. The monoisotopic (exact) mass is 409 g/mol. The zero-order valence-electron chi connectivity index (χ0n) is 14.8. The van der Waals surface area contributed by atoms with Gasteiger partial charge in [-0.2, -0.15) is 0 Å². The van der Waals surface area contributed by atoms with E-state index in [9.17, 15) is 4.79 Å². The maximum Gasteiger partial charge on any atom is 0.128 e. The molecule has 0 saturated heterocycles. The molecule has 133 valence electrons. The van der Waals surface area contributed by atoms with Gasteiger partial charge in [0, 0.05) is 31.1 Å². The summed E-state index contributed by atoms with van der Waals surface area (Å²) in [5.74, 6) is 0.795. The molecule has 0 spiro atoms. The topological polar surface area (TPSA) is 17.1 Å². The van der Waals surface area contributed by atoms with Crippen LogP contribution in [0.1, 0.15) is 0 Å². The fourth-order valence-corrected chi connectivity index (χ4v) is 5.05. The third-order valence-corrected chi connectivity index (χ3v) is 6.30. The molecule has 2 aliphatic carbocycles. The normalized spacial score (nSPS) is 16.8. The Morgan fingerprint density at radius 3 is 1.48 bits per heavy atom. The van der Waals surface area contributed by atoms with Crippen molar-refractivity contribution in [1.29, 1.82) is 0 Å². The van der Waals surface area contributed by atoms with Crippen molar-refractivity contribution in [2.75, 3.05) is 0 Å². The van der Waals surface area contributed by atoms with Crippen LogP contribution in [-0.2, 0) is 21.9 Å². The molecule has 0 aliphatic heterocycles. The number of hydrogen-bond acceptors (Lipinski definition) is 1. The first-order chi connectivity index (χ1) is 12.4. The van der Waals surface area contributed by atoms with Gasteiger partial charge in [-0.05, 0) is 69.9 Å². The molecule has 0 unspecified atom stereocenters. The zero-order chi connectivity index (χ0) is 17.3. The minimum atomic E-state index is -0.667. The maximum absolute atomic E-state index is 11.3. The second-order valence-electron chi connectivity index (χ2n) is 5.45. The van der Waals surface area contributed by atoms with Gasteiger partial charge in [0.15, 0.2) is 0 Å². The van der Waals surface area contributed by atoms with E-state index in [1.54, 1.807) is 0 Å². The van der Waals surface area contributed by atoms with Crippen LogP contribution in [0.5, 0.6) is 0 Å². The van der Waals surface area contributed by atoms with Crippen molar-refractivity contribution in [3.8, 4) is 0 Å². The van der Waals surface area contributed by atoms with Gasteiger partial charge in [-0.25, -0.2) is 0 Å². The molecular formula is C23H19BFeOP. The Morgan fingerprint density at radius 2 is 1.07 bits per heavy atom. The summed E-state index contributed by atoms with van der Waals surface area (Å²) < 4.78 is 0. The summed E-state index contributed by atoms with van der Waals surface area (Å²) in [6.07, 6.45) is 16.9. The van der Waals surface area contributed by atoms with Gasteiger partial charge in [0.1, 0.15) is 6.29 Å². The van der Waals surface area contributed by atoms with Gasteiger partial charge in [0.05, 0.1) is 5.92 Å². The van der Waals surface area contributed by atoms with Gasteiger partial charge in [-0.3, -0.25) is 0 Å². The van der Waals surface area contributed by atoms with Crippen LogP contribution >= 0.6 is 7.92 Å². The number of hydrogen-bond donors (Lipinski definition) is 0. The van der Waals surface area contributed by atoms with Crippen LogP contribution in [0.2, 0.25) is 0 Å². The van der Waals surface area contributed by atoms with E-state index in [4.69, 9.17) is 0 Å². The molecular weight excluding hydrogens is 390 g/mol. The Bertz CT molecular complexity index is 586. The molecule has 4 heteroatoms. The molecule has 0 bridgehead atoms.